The van der Waals surface area contributed by atoms with Crippen LogP contribution in [0, 0.1) is 0 Å². The van der Waals surface area contributed by atoms with Crippen LogP contribution in [0.15, 0.2) is 6.07 Å². The van der Waals surface area contributed by atoms with Crippen LogP contribution in [0.1, 0.15) is 17.4 Å². The first-order valence-corrected chi connectivity index (χ1v) is 3.22. The number of aromatic nitrogens is 2. The molecule has 0 bridgehead atoms. The first-order valence-electron chi connectivity index (χ1n) is 3.22. The van der Waals surface area contributed by atoms with Gasteiger partial charge in [0.05, 0.1) is 6.61 Å². The fourth-order valence-corrected chi connectivity index (χ4v) is 0.651. The van der Waals surface area contributed by atoms with Crippen LogP contribution in [-0.4, -0.2) is 22.8 Å². The molecule has 0 aliphatic rings. The summed E-state index contributed by atoms with van der Waals surface area (Å²) in [5.41, 5.74) is 5.54. The van der Waals surface area contributed by atoms with Gasteiger partial charge in [-0.1, -0.05) is 0 Å². The highest BCUT2D eigenvalue weighted by Gasteiger charge is 2.07. The summed E-state index contributed by atoms with van der Waals surface area (Å²) in [5.74, 6) is -0.148. The first-order chi connectivity index (χ1) is 5.24. The maximum atomic E-state index is 10.9. The van der Waals surface area contributed by atoms with Crippen molar-refractivity contribution in [1.29, 1.82) is 0 Å². The van der Waals surface area contributed by atoms with Gasteiger partial charge in [0.1, 0.15) is 11.5 Å². The van der Waals surface area contributed by atoms with Gasteiger partial charge in [0.2, 0.25) is 0 Å². The SMILES string of the molecule is CCOC(=O)c1cc(N)n[nH]1.Cl. The lowest BCUT2D eigenvalue weighted by Gasteiger charge is -1.95. The number of nitrogen functional groups attached to an aromatic ring is 1. The van der Waals surface area contributed by atoms with Crippen LogP contribution in [0.5, 0.6) is 0 Å². The van der Waals surface area contributed by atoms with E-state index in [1.807, 2.05) is 0 Å². The van der Waals surface area contributed by atoms with E-state index in [0.29, 0.717) is 6.61 Å². The van der Waals surface area contributed by atoms with Crippen LogP contribution in [-0.2, 0) is 4.74 Å². The first kappa shape index (κ1) is 10.8. The molecule has 0 unspecified atom stereocenters. The Balaban J connectivity index is 0.00000121. The van der Waals surface area contributed by atoms with Crippen molar-refractivity contribution in [2.24, 2.45) is 0 Å². The van der Waals surface area contributed by atoms with Crippen LogP contribution < -0.4 is 5.73 Å². The maximum Gasteiger partial charge on any atom is 0.356 e. The molecule has 3 N–H and O–H groups in total. The molecule has 0 saturated carbocycles. The monoisotopic (exact) mass is 191 g/mol. The van der Waals surface area contributed by atoms with E-state index < -0.39 is 5.97 Å². The minimum absolute atomic E-state index is 0. The number of anilines is 1. The second-order valence-electron chi connectivity index (χ2n) is 1.93. The fraction of sp³-hybridized carbons (Fsp3) is 0.333. The van der Waals surface area contributed by atoms with Gasteiger partial charge < -0.3 is 10.5 Å². The number of halogens is 1. The van der Waals surface area contributed by atoms with Gasteiger partial charge in [0.15, 0.2) is 0 Å². The van der Waals surface area contributed by atoms with Gasteiger partial charge in [-0.15, -0.1) is 12.4 Å². The smallest absolute Gasteiger partial charge is 0.356 e. The molecule has 0 fully saturated rings. The Morgan fingerprint density at radius 2 is 2.50 bits per heavy atom. The lowest BCUT2D eigenvalue weighted by atomic mass is 10.4. The van der Waals surface area contributed by atoms with Crippen molar-refractivity contribution in [2.75, 3.05) is 12.3 Å². The summed E-state index contributed by atoms with van der Waals surface area (Å²) >= 11 is 0. The topological polar surface area (TPSA) is 81.0 Å². The lowest BCUT2D eigenvalue weighted by molar-refractivity contribution is 0.0519. The predicted octanol–water partition coefficient (Wildman–Crippen LogP) is 0.590. The molecule has 5 nitrogen and oxygen atoms in total. The number of carbonyl (C=O) groups excluding carboxylic acids is 1. The lowest BCUT2D eigenvalue weighted by Crippen LogP contribution is -2.04. The summed E-state index contributed by atoms with van der Waals surface area (Å²) in [6.07, 6.45) is 0. The van der Waals surface area contributed by atoms with Crippen molar-refractivity contribution in [1.82, 2.24) is 10.2 Å². The van der Waals surface area contributed by atoms with E-state index in [2.05, 4.69) is 14.9 Å². The molecule has 0 amide bonds. The van der Waals surface area contributed by atoms with Gasteiger partial charge in [-0.25, -0.2) is 4.79 Å². The van der Waals surface area contributed by atoms with Crippen molar-refractivity contribution >= 4 is 24.2 Å². The van der Waals surface area contributed by atoms with E-state index in [4.69, 9.17) is 5.73 Å². The number of nitrogens with one attached hydrogen (secondary N) is 1. The summed E-state index contributed by atoms with van der Waals surface area (Å²) in [4.78, 5) is 10.9. The summed E-state index contributed by atoms with van der Waals surface area (Å²) in [6, 6.07) is 1.43. The Bertz CT molecular complexity index is 261. The van der Waals surface area contributed by atoms with Crippen molar-refractivity contribution < 1.29 is 9.53 Å². The molecule has 68 valence electrons. The average Bonchev–Trinajstić information content (AvgIpc) is 2.36. The summed E-state index contributed by atoms with van der Waals surface area (Å²) in [5, 5.41) is 6.01. The zero-order valence-electron chi connectivity index (χ0n) is 6.53. The molecule has 0 aromatic carbocycles. The van der Waals surface area contributed by atoms with Crippen molar-refractivity contribution in [3.63, 3.8) is 0 Å². The minimum Gasteiger partial charge on any atom is -0.461 e. The van der Waals surface area contributed by atoms with Gasteiger partial charge in [-0.3, -0.25) is 5.10 Å². The van der Waals surface area contributed by atoms with E-state index in [9.17, 15) is 4.79 Å². The van der Waals surface area contributed by atoms with Crippen LogP contribution >= 0.6 is 12.4 Å². The number of rotatable bonds is 2. The largest absolute Gasteiger partial charge is 0.461 e. The molecule has 6 heteroatoms. The van der Waals surface area contributed by atoms with E-state index in [1.165, 1.54) is 6.07 Å². The Labute approximate surface area is 75.7 Å². The van der Waals surface area contributed by atoms with Gasteiger partial charge in [-0.2, -0.15) is 5.10 Å². The van der Waals surface area contributed by atoms with Gasteiger partial charge in [0, 0.05) is 6.07 Å². The van der Waals surface area contributed by atoms with E-state index >= 15 is 0 Å². The van der Waals surface area contributed by atoms with Crippen molar-refractivity contribution in [3.05, 3.63) is 11.8 Å². The number of hydrogen-bond donors (Lipinski definition) is 2. The molecule has 0 aliphatic heterocycles. The molecule has 0 spiro atoms. The number of nitrogens with two attached hydrogens (primary N) is 1. The number of esters is 1. The third-order valence-corrected chi connectivity index (χ3v) is 1.09. The van der Waals surface area contributed by atoms with E-state index in [1.54, 1.807) is 6.92 Å². The number of ether oxygens (including phenoxy) is 1. The van der Waals surface area contributed by atoms with Gasteiger partial charge in [-0.05, 0) is 6.92 Å². The van der Waals surface area contributed by atoms with Crippen LogP contribution in [0.2, 0.25) is 0 Å². The molecule has 1 rings (SSSR count). The number of nitrogens with zero attached hydrogens (tertiary/aromatic N) is 1. The Morgan fingerprint density at radius 1 is 1.83 bits per heavy atom. The Kier molecular flexibility index (Phi) is 4.14. The predicted molar refractivity (Wildman–Crippen MR) is 46.2 cm³/mol. The standard InChI is InChI=1S/C6H9N3O2.ClH/c1-2-11-6(10)4-3-5(7)9-8-4;/h3H,2H2,1H3,(H3,7,8,9);1H. The molecule has 0 saturated heterocycles. The van der Waals surface area contributed by atoms with Gasteiger partial charge in [0.25, 0.3) is 0 Å². The number of hydrogen-bond acceptors (Lipinski definition) is 4. The highest BCUT2D eigenvalue weighted by Crippen LogP contribution is 2.01. The minimum atomic E-state index is -0.434. The molecular weight excluding hydrogens is 182 g/mol. The zero-order valence-corrected chi connectivity index (χ0v) is 7.35. The molecule has 0 radical (unpaired) electrons. The zero-order chi connectivity index (χ0) is 8.27. The molecule has 0 atom stereocenters. The third kappa shape index (κ3) is 2.43. The third-order valence-electron chi connectivity index (χ3n) is 1.09. The second kappa shape index (κ2) is 4.61. The molecular formula is C6H10ClN3O2. The Morgan fingerprint density at radius 3 is 2.92 bits per heavy atom. The second-order valence-corrected chi connectivity index (χ2v) is 1.93. The Hall–Kier alpha value is -1.23. The van der Waals surface area contributed by atoms with Crippen molar-refractivity contribution in [3.8, 4) is 0 Å². The van der Waals surface area contributed by atoms with Crippen LogP contribution in [0.25, 0.3) is 0 Å². The number of aromatic amines is 1. The molecule has 0 aliphatic carbocycles. The highest BCUT2D eigenvalue weighted by molar-refractivity contribution is 5.87. The average molecular weight is 192 g/mol. The number of carbonyl (C=O) groups is 1. The highest BCUT2D eigenvalue weighted by atomic mass is 35.5. The van der Waals surface area contributed by atoms with Gasteiger partial charge >= 0.3 is 5.97 Å². The quantitative estimate of drug-likeness (QED) is 0.671. The molecule has 1 aromatic rings. The van der Waals surface area contributed by atoms with Crippen LogP contribution in [0.3, 0.4) is 0 Å². The summed E-state index contributed by atoms with van der Waals surface area (Å²) < 4.78 is 4.68. The summed E-state index contributed by atoms with van der Waals surface area (Å²) in [6.45, 7) is 2.08. The van der Waals surface area contributed by atoms with E-state index in [-0.39, 0.29) is 23.9 Å². The van der Waals surface area contributed by atoms with Crippen LogP contribution in [0.4, 0.5) is 5.82 Å². The number of H-pyrrole nitrogens is 1. The van der Waals surface area contributed by atoms with Crippen molar-refractivity contribution in [2.45, 2.75) is 6.92 Å². The molecule has 1 heterocycles. The normalized spacial score (nSPS) is 8.75. The maximum absolute atomic E-state index is 10.9. The summed E-state index contributed by atoms with van der Waals surface area (Å²) in [7, 11) is 0. The molecule has 1 aromatic heterocycles. The fourth-order valence-electron chi connectivity index (χ4n) is 0.651. The van der Waals surface area contributed by atoms with E-state index in [0.717, 1.165) is 0 Å². The molecule has 12 heavy (non-hydrogen) atoms.